The molecule has 10 nitrogen and oxygen atoms in total. The number of aliphatic imine (C=N–C) groups is 1. The fourth-order valence-corrected chi connectivity index (χ4v) is 5.93. The lowest BCUT2D eigenvalue weighted by molar-refractivity contribution is -0.274. The number of rotatable bonds is 9. The number of halogens is 3. The maximum atomic E-state index is 13.0. The summed E-state index contributed by atoms with van der Waals surface area (Å²) in [5.74, 6) is 1.28. The van der Waals surface area contributed by atoms with Crippen molar-refractivity contribution in [2.75, 3.05) is 30.9 Å². The topological polar surface area (TPSA) is 118 Å². The smallest absolute Gasteiger partial charge is 0.497 e. The molecule has 0 radical (unpaired) electrons. The maximum absolute atomic E-state index is 13.0. The Hall–Kier alpha value is -5.03. The molecule has 0 saturated carbocycles. The summed E-state index contributed by atoms with van der Waals surface area (Å²) in [5, 5.41) is 17.7. The quantitative estimate of drug-likeness (QED) is 0.199. The van der Waals surface area contributed by atoms with Crippen LogP contribution in [-0.2, 0) is 0 Å². The van der Waals surface area contributed by atoms with Crippen LogP contribution in [0.25, 0.3) is 17.1 Å². The SMILES string of the molecule is COc1ccc(N2CCCS/C2=N\C(=O)NCC(C#N)c2ccc(-c3ncn(-c4ccc(OC(F)(F)F)cc4)n3)cc2)c(C(C)C)c1. The third kappa shape index (κ3) is 8.42. The number of amides is 2. The number of nitriles is 1. The number of carbonyl (C=O) groups is 1. The number of alkyl halides is 3. The van der Waals surface area contributed by atoms with E-state index in [4.69, 9.17) is 4.74 Å². The summed E-state index contributed by atoms with van der Waals surface area (Å²) in [6.45, 7) is 5.02. The molecule has 1 fully saturated rings. The van der Waals surface area contributed by atoms with Gasteiger partial charge in [0.15, 0.2) is 11.0 Å². The van der Waals surface area contributed by atoms with Gasteiger partial charge in [-0.2, -0.15) is 10.3 Å². The fraction of sp³-hybridized carbons (Fsp3) is 0.303. The largest absolute Gasteiger partial charge is 0.573 e. The fourth-order valence-electron chi connectivity index (χ4n) is 4.98. The van der Waals surface area contributed by atoms with E-state index in [0.717, 1.165) is 35.7 Å². The highest BCUT2D eigenvalue weighted by atomic mass is 32.2. The van der Waals surface area contributed by atoms with E-state index in [1.807, 2.05) is 18.2 Å². The van der Waals surface area contributed by atoms with Crippen LogP contribution in [0.5, 0.6) is 11.5 Å². The molecular formula is C33H32F3N7O3S. The highest BCUT2D eigenvalue weighted by Gasteiger charge is 2.31. The van der Waals surface area contributed by atoms with Crippen molar-refractivity contribution < 1.29 is 27.4 Å². The molecule has 47 heavy (non-hydrogen) atoms. The van der Waals surface area contributed by atoms with Crippen LogP contribution in [0.3, 0.4) is 0 Å². The van der Waals surface area contributed by atoms with Crippen molar-refractivity contribution in [1.29, 1.82) is 5.26 Å². The van der Waals surface area contributed by atoms with Gasteiger partial charge in [0.1, 0.15) is 17.8 Å². The van der Waals surface area contributed by atoms with E-state index in [1.165, 1.54) is 47.0 Å². The van der Waals surface area contributed by atoms with Crippen molar-refractivity contribution >= 4 is 28.6 Å². The number of hydrogen-bond donors (Lipinski definition) is 1. The van der Waals surface area contributed by atoms with Gasteiger partial charge in [0, 0.05) is 30.1 Å². The Labute approximate surface area is 274 Å². The number of amidine groups is 1. The molecule has 14 heteroatoms. The van der Waals surface area contributed by atoms with E-state index < -0.39 is 18.3 Å². The molecule has 1 unspecified atom stereocenters. The van der Waals surface area contributed by atoms with Crippen LogP contribution < -0.4 is 19.7 Å². The first kappa shape index (κ1) is 33.3. The number of benzene rings is 3. The summed E-state index contributed by atoms with van der Waals surface area (Å²) in [6, 6.07) is 19.9. The second-order valence-corrected chi connectivity index (χ2v) is 11.9. The summed E-state index contributed by atoms with van der Waals surface area (Å²) in [7, 11) is 1.64. The Morgan fingerprint density at radius 3 is 2.49 bits per heavy atom. The molecule has 2 heterocycles. The van der Waals surface area contributed by atoms with Crippen molar-refractivity contribution in [2.45, 2.75) is 38.5 Å². The predicted molar refractivity (Wildman–Crippen MR) is 174 cm³/mol. The zero-order valence-electron chi connectivity index (χ0n) is 25.9. The highest BCUT2D eigenvalue weighted by Crippen LogP contribution is 2.35. The summed E-state index contributed by atoms with van der Waals surface area (Å²) in [5.41, 5.74) is 3.95. The second-order valence-electron chi connectivity index (χ2n) is 10.9. The van der Waals surface area contributed by atoms with Crippen molar-refractivity contribution in [1.82, 2.24) is 20.1 Å². The van der Waals surface area contributed by atoms with Crippen LogP contribution in [0, 0.1) is 11.3 Å². The van der Waals surface area contributed by atoms with Crippen molar-refractivity contribution in [2.24, 2.45) is 4.99 Å². The highest BCUT2D eigenvalue weighted by molar-refractivity contribution is 8.14. The van der Waals surface area contributed by atoms with Crippen molar-refractivity contribution in [3.8, 4) is 34.6 Å². The lowest BCUT2D eigenvalue weighted by atomic mass is 9.99. The Kier molecular flexibility index (Phi) is 10.4. The van der Waals surface area contributed by atoms with Crippen LogP contribution in [0.15, 0.2) is 78.0 Å². The summed E-state index contributed by atoms with van der Waals surface area (Å²) in [6.07, 6.45) is -2.38. The molecule has 1 aliphatic rings. The van der Waals surface area contributed by atoms with Crippen LogP contribution in [0.1, 0.15) is 43.2 Å². The molecule has 0 bridgehead atoms. The van der Waals surface area contributed by atoms with Gasteiger partial charge in [-0.05, 0) is 65.9 Å². The van der Waals surface area contributed by atoms with E-state index >= 15 is 0 Å². The van der Waals surface area contributed by atoms with Gasteiger partial charge in [-0.1, -0.05) is 49.9 Å². The molecule has 1 N–H and O–H groups in total. The minimum atomic E-state index is -4.77. The van der Waals surface area contributed by atoms with Gasteiger partial charge in [0.25, 0.3) is 0 Å². The number of thioether (sulfide) groups is 1. The molecule has 1 aliphatic heterocycles. The van der Waals surface area contributed by atoms with Crippen molar-refractivity contribution in [3.63, 3.8) is 0 Å². The minimum Gasteiger partial charge on any atom is -0.497 e. The Morgan fingerprint density at radius 1 is 1.11 bits per heavy atom. The van der Waals surface area contributed by atoms with Crippen LogP contribution in [0.4, 0.5) is 23.7 Å². The zero-order chi connectivity index (χ0) is 33.6. The average Bonchev–Trinajstić information content (AvgIpc) is 3.55. The molecule has 0 spiro atoms. The second kappa shape index (κ2) is 14.6. The molecule has 5 rings (SSSR count). The number of ether oxygens (including phenoxy) is 2. The monoisotopic (exact) mass is 663 g/mol. The number of carbonyl (C=O) groups excluding carboxylic acids is 1. The van der Waals surface area contributed by atoms with Gasteiger partial charge >= 0.3 is 12.4 Å². The predicted octanol–water partition coefficient (Wildman–Crippen LogP) is 7.28. The number of anilines is 1. The number of urea groups is 1. The van der Waals surface area contributed by atoms with Gasteiger partial charge in [-0.3, -0.25) is 0 Å². The van der Waals surface area contributed by atoms with Gasteiger partial charge in [0.2, 0.25) is 0 Å². The van der Waals surface area contributed by atoms with Gasteiger partial charge in [-0.15, -0.1) is 18.3 Å². The van der Waals surface area contributed by atoms with E-state index in [-0.39, 0.29) is 18.2 Å². The molecule has 3 aromatic carbocycles. The number of nitrogens with zero attached hydrogens (tertiary/aromatic N) is 6. The van der Waals surface area contributed by atoms with Crippen molar-refractivity contribution in [3.05, 3.63) is 84.2 Å². The molecule has 2 amide bonds. The van der Waals surface area contributed by atoms with E-state index in [0.29, 0.717) is 27.8 Å². The Balaban J connectivity index is 1.23. The minimum absolute atomic E-state index is 0.0663. The summed E-state index contributed by atoms with van der Waals surface area (Å²) in [4.78, 5) is 23.7. The van der Waals surface area contributed by atoms with Crippen LogP contribution in [0.2, 0.25) is 0 Å². The third-order valence-corrected chi connectivity index (χ3v) is 8.41. The molecule has 244 valence electrons. The maximum Gasteiger partial charge on any atom is 0.573 e. The molecule has 1 saturated heterocycles. The normalized spacial score (nSPS) is 14.9. The molecule has 1 aromatic heterocycles. The molecular weight excluding hydrogens is 631 g/mol. The molecule has 1 atom stereocenters. The standard InChI is InChI=1S/C33H32F3N7O3S/c1-21(2)28-17-27(45-3)13-14-29(28)42-15-4-16-47-32(42)40-31(44)38-19-24(18-37)22-5-7-23(8-6-22)30-39-20-43(41-30)25-9-11-26(12-10-25)46-33(34,35)36/h5-14,17,20-21,24H,4,15-16,19H2,1-3H3,(H,38,44)/b40-32-. The lowest BCUT2D eigenvalue weighted by Gasteiger charge is -2.32. The zero-order valence-corrected chi connectivity index (χ0v) is 26.7. The van der Waals surface area contributed by atoms with E-state index in [1.54, 1.807) is 31.4 Å². The third-order valence-electron chi connectivity index (χ3n) is 7.34. The van der Waals surface area contributed by atoms with E-state index in [2.05, 4.69) is 49.9 Å². The molecule has 4 aromatic rings. The number of nitrogens with one attached hydrogen (secondary N) is 1. The van der Waals surface area contributed by atoms with Gasteiger partial charge in [0.05, 0.1) is 24.8 Å². The van der Waals surface area contributed by atoms with Crippen LogP contribution in [-0.4, -0.2) is 58.3 Å². The number of hydrogen-bond acceptors (Lipinski definition) is 7. The Bertz CT molecular complexity index is 1770. The van der Waals surface area contributed by atoms with Gasteiger partial charge in [-0.25, -0.2) is 14.5 Å². The summed E-state index contributed by atoms with van der Waals surface area (Å²) < 4.78 is 48.1. The first-order chi connectivity index (χ1) is 22.5. The van der Waals surface area contributed by atoms with E-state index in [9.17, 15) is 23.2 Å². The average molecular weight is 664 g/mol. The van der Waals surface area contributed by atoms with Crippen LogP contribution >= 0.6 is 11.8 Å². The van der Waals surface area contributed by atoms with Gasteiger partial charge < -0.3 is 19.7 Å². The number of aromatic nitrogens is 3. The first-order valence-electron chi connectivity index (χ1n) is 14.8. The summed E-state index contributed by atoms with van der Waals surface area (Å²) >= 11 is 1.52. The Morgan fingerprint density at radius 2 is 1.83 bits per heavy atom. The lowest BCUT2D eigenvalue weighted by Crippen LogP contribution is -2.37. The molecule has 0 aliphatic carbocycles. The number of methoxy groups -OCH3 is 1. The first-order valence-corrected chi connectivity index (χ1v) is 15.8.